The number of anilines is 2. The first-order valence-electron chi connectivity index (χ1n) is 11.3. The molecule has 6 aromatic rings. The molecule has 4 aromatic carbocycles. The molecule has 0 atom stereocenters. The van der Waals surface area contributed by atoms with E-state index in [-0.39, 0.29) is 10.9 Å². The van der Waals surface area contributed by atoms with Gasteiger partial charge in [0.2, 0.25) is 5.89 Å². The SMILES string of the molecule is O=S(=O)(c1ccc(-c2ncc(-c3ccccc3)o2)cc1)N(c1ccccc1)c1nc2cc(Cl)ccc2o1. The highest BCUT2D eigenvalue weighted by Gasteiger charge is 2.31. The number of halogens is 1. The summed E-state index contributed by atoms with van der Waals surface area (Å²) in [6.45, 7) is 0. The summed E-state index contributed by atoms with van der Waals surface area (Å²) in [5.74, 6) is 1.01. The number of fused-ring (bicyclic) bond motifs is 1. The van der Waals surface area contributed by atoms with E-state index in [1.807, 2.05) is 30.3 Å². The van der Waals surface area contributed by atoms with E-state index in [2.05, 4.69) is 9.97 Å². The summed E-state index contributed by atoms with van der Waals surface area (Å²) in [6, 6.07) is 29.4. The summed E-state index contributed by atoms with van der Waals surface area (Å²) in [5, 5.41) is 0.471. The lowest BCUT2D eigenvalue weighted by atomic mass is 10.2. The molecule has 37 heavy (non-hydrogen) atoms. The molecule has 0 radical (unpaired) electrons. The fraction of sp³-hybridized carbons (Fsp3) is 0. The van der Waals surface area contributed by atoms with Crippen LogP contribution in [0.4, 0.5) is 11.7 Å². The van der Waals surface area contributed by atoms with Crippen LogP contribution in [0.25, 0.3) is 33.9 Å². The van der Waals surface area contributed by atoms with Crippen LogP contribution < -0.4 is 4.31 Å². The van der Waals surface area contributed by atoms with E-state index in [0.717, 1.165) is 9.87 Å². The average molecular weight is 528 g/mol. The zero-order valence-corrected chi connectivity index (χ0v) is 20.7. The van der Waals surface area contributed by atoms with E-state index in [1.54, 1.807) is 66.9 Å². The molecule has 2 aromatic heterocycles. The van der Waals surface area contributed by atoms with Crippen molar-refractivity contribution in [3.63, 3.8) is 0 Å². The fourth-order valence-electron chi connectivity index (χ4n) is 3.91. The number of aromatic nitrogens is 2. The molecule has 0 saturated heterocycles. The Morgan fingerprint density at radius 3 is 2.19 bits per heavy atom. The molecule has 182 valence electrons. The molecule has 0 bridgehead atoms. The van der Waals surface area contributed by atoms with Gasteiger partial charge >= 0.3 is 6.01 Å². The Kier molecular flexibility index (Phi) is 5.75. The maximum Gasteiger partial charge on any atom is 0.317 e. The Balaban J connectivity index is 1.38. The van der Waals surface area contributed by atoms with Crippen LogP contribution in [0.15, 0.2) is 123 Å². The third kappa shape index (κ3) is 4.37. The molecule has 9 heteroatoms. The highest BCUT2D eigenvalue weighted by Crippen LogP contribution is 2.35. The molecule has 0 amide bonds. The van der Waals surface area contributed by atoms with Crippen molar-refractivity contribution < 1.29 is 17.3 Å². The normalized spacial score (nSPS) is 11.6. The van der Waals surface area contributed by atoms with Crippen LogP contribution in [0, 0.1) is 0 Å². The molecular weight excluding hydrogens is 510 g/mol. The van der Waals surface area contributed by atoms with Gasteiger partial charge in [0, 0.05) is 16.1 Å². The minimum Gasteiger partial charge on any atom is -0.436 e. The predicted molar refractivity (Wildman–Crippen MR) is 142 cm³/mol. The summed E-state index contributed by atoms with van der Waals surface area (Å²) in [4.78, 5) is 8.81. The van der Waals surface area contributed by atoms with Gasteiger partial charge in [0.05, 0.1) is 16.8 Å². The second-order valence-corrected chi connectivity index (χ2v) is 10.4. The lowest BCUT2D eigenvalue weighted by Gasteiger charge is -2.20. The number of benzene rings is 4. The fourth-order valence-corrected chi connectivity index (χ4v) is 5.45. The van der Waals surface area contributed by atoms with Gasteiger partial charge < -0.3 is 8.83 Å². The zero-order valence-electron chi connectivity index (χ0n) is 19.2. The lowest BCUT2D eigenvalue weighted by molar-refractivity contribution is 0.578. The number of hydrogen-bond acceptors (Lipinski definition) is 6. The first-order chi connectivity index (χ1) is 18.0. The number of rotatable bonds is 6. The standard InChI is InChI=1S/C28H18ClN3O4S/c29-21-13-16-25-24(17-21)31-28(36-25)32(22-9-5-2-6-10-22)37(33,34)23-14-11-20(12-15-23)27-30-18-26(35-27)19-7-3-1-4-8-19/h1-18H. The summed E-state index contributed by atoms with van der Waals surface area (Å²) in [6.07, 6.45) is 1.64. The molecule has 6 rings (SSSR count). The highest BCUT2D eigenvalue weighted by atomic mass is 35.5. The van der Waals surface area contributed by atoms with Crippen LogP contribution in [-0.4, -0.2) is 18.4 Å². The smallest absolute Gasteiger partial charge is 0.317 e. The molecule has 2 heterocycles. The Morgan fingerprint density at radius 2 is 1.46 bits per heavy atom. The van der Waals surface area contributed by atoms with E-state index in [9.17, 15) is 8.42 Å². The number of sulfonamides is 1. The van der Waals surface area contributed by atoms with Gasteiger partial charge in [-0.3, -0.25) is 0 Å². The largest absolute Gasteiger partial charge is 0.436 e. The molecule has 0 unspecified atom stereocenters. The van der Waals surface area contributed by atoms with E-state index < -0.39 is 10.0 Å². The number of hydrogen-bond donors (Lipinski definition) is 0. The molecule has 7 nitrogen and oxygen atoms in total. The molecule has 0 aliphatic heterocycles. The summed E-state index contributed by atoms with van der Waals surface area (Å²) >= 11 is 6.09. The third-order valence-electron chi connectivity index (χ3n) is 5.71. The maximum atomic E-state index is 13.9. The van der Waals surface area contributed by atoms with Crippen molar-refractivity contribution in [3.8, 4) is 22.8 Å². The minimum absolute atomic E-state index is 0.0511. The maximum absolute atomic E-state index is 13.9. The number of oxazole rings is 2. The Bertz CT molecular complexity index is 1800. The van der Waals surface area contributed by atoms with Gasteiger partial charge in [0.15, 0.2) is 11.3 Å². The molecular formula is C28H18ClN3O4S. The van der Waals surface area contributed by atoms with Gasteiger partial charge in [-0.25, -0.2) is 13.4 Å². The van der Waals surface area contributed by atoms with Crippen molar-refractivity contribution in [1.82, 2.24) is 9.97 Å². The van der Waals surface area contributed by atoms with E-state index >= 15 is 0 Å². The number of nitrogens with zero attached hydrogens (tertiary/aromatic N) is 3. The van der Waals surface area contributed by atoms with Crippen LogP contribution >= 0.6 is 11.6 Å². The van der Waals surface area contributed by atoms with Crippen LogP contribution in [0.1, 0.15) is 0 Å². The van der Waals surface area contributed by atoms with Crippen molar-refractivity contribution in [1.29, 1.82) is 0 Å². The van der Waals surface area contributed by atoms with Crippen LogP contribution in [0.3, 0.4) is 0 Å². The molecule has 0 aliphatic carbocycles. The van der Waals surface area contributed by atoms with E-state index in [0.29, 0.717) is 39.0 Å². The minimum atomic E-state index is -4.11. The van der Waals surface area contributed by atoms with Gasteiger partial charge in [0.1, 0.15) is 5.52 Å². The summed E-state index contributed by atoms with van der Waals surface area (Å²) in [7, 11) is -4.11. The molecule has 0 fully saturated rings. The third-order valence-corrected chi connectivity index (χ3v) is 7.66. The predicted octanol–water partition coefficient (Wildman–Crippen LogP) is 7.33. The summed E-state index contributed by atoms with van der Waals surface area (Å²) < 4.78 is 40.6. The van der Waals surface area contributed by atoms with E-state index in [4.69, 9.17) is 20.4 Å². The van der Waals surface area contributed by atoms with Gasteiger partial charge in [-0.05, 0) is 54.6 Å². The van der Waals surface area contributed by atoms with Crippen molar-refractivity contribution in [3.05, 3.63) is 114 Å². The van der Waals surface area contributed by atoms with Gasteiger partial charge in [-0.15, -0.1) is 0 Å². The van der Waals surface area contributed by atoms with Crippen LogP contribution in [-0.2, 0) is 10.0 Å². The van der Waals surface area contributed by atoms with Crippen LogP contribution in [0.5, 0.6) is 0 Å². The average Bonchev–Trinajstić information content (AvgIpc) is 3.57. The molecule has 0 saturated carbocycles. The Morgan fingerprint density at radius 1 is 0.757 bits per heavy atom. The lowest BCUT2D eigenvalue weighted by Crippen LogP contribution is -2.26. The Labute approximate surface area is 217 Å². The van der Waals surface area contributed by atoms with Crippen molar-refractivity contribution in [2.24, 2.45) is 0 Å². The molecule has 0 spiro atoms. The van der Waals surface area contributed by atoms with Gasteiger partial charge in [-0.1, -0.05) is 60.1 Å². The van der Waals surface area contributed by atoms with Crippen molar-refractivity contribution in [2.75, 3.05) is 4.31 Å². The highest BCUT2D eigenvalue weighted by molar-refractivity contribution is 7.93. The quantitative estimate of drug-likeness (QED) is 0.225. The van der Waals surface area contributed by atoms with Gasteiger partial charge in [-0.2, -0.15) is 9.29 Å². The van der Waals surface area contributed by atoms with Crippen LogP contribution in [0.2, 0.25) is 5.02 Å². The molecule has 0 N–H and O–H groups in total. The Hall–Kier alpha value is -4.40. The first kappa shape index (κ1) is 23.0. The monoisotopic (exact) mass is 527 g/mol. The summed E-state index contributed by atoms with van der Waals surface area (Å²) in [5.41, 5.74) is 2.79. The number of para-hydroxylation sites is 1. The van der Waals surface area contributed by atoms with Crippen molar-refractivity contribution >= 4 is 44.4 Å². The second kappa shape index (κ2) is 9.24. The van der Waals surface area contributed by atoms with E-state index in [1.165, 1.54) is 12.1 Å². The topological polar surface area (TPSA) is 89.4 Å². The first-order valence-corrected chi connectivity index (χ1v) is 13.1. The van der Waals surface area contributed by atoms with Crippen molar-refractivity contribution in [2.45, 2.75) is 4.90 Å². The zero-order chi connectivity index (χ0) is 25.4. The molecule has 0 aliphatic rings. The van der Waals surface area contributed by atoms with Gasteiger partial charge in [0.25, 0.3) is 10.0 Å². The second-order valence-electron chi connectivity index (χ2n) is 8.13.